The van der Waals surface area contributed by atoms with E-state index in [9.17, 15) is 4.79 Å². The number of aromatic nitrogens is 1. The van der Waals surface area contributed by atoms with Crippen LogP contribution < -0.4 is 0 Å². The maximum Gasteiger partial charge on any atom is 0.155 e. The van der Waals surface area contributed by atoms with Crippen molar-refractivity contribution in [3.63, 3.8) is 0 Å². The van der Waals surface area contributed by atoms with Crippen LogP contribution >= 0.6 is 33.9 Å². The van der Waals surface area contributed by atoms with Gasteiger partial charge < -0.3 is 4.74 Å². The molecule has 0 aliphatic carbocycles. The van der Waals surface area contributed by atoms with E-state index in [1.807, 2.05) is 24.4 Å². The van der Waals surface area contributed by atoms with Gasteiger partial charge in [0.15, 0.2) is 5.78 Å². The van der Waals surface area contributed by atoms with Gasteiger partial charge in [0.25, 0.3) is 0 Å². The second-order valence-corrected chi connectivity index (χ2v) is 8.24. The van der Waals surface area contributed by atoms with Crippen LogP contribution in [0.25, 0.3) is 26.7 Å². The summed E-state index contributed by atoms with van der Waals surface area (Å²) >= 11 is 4.03. The van der Waals surface area contributed by atoms with Crippen molar-refractivity contribution >= 4 is 55.9 Å². The SMILES string of the molecule is CC(=O)/C=C(/C)OC/C(I)=C/c1c(-c2ccccn2)sc2ccccc12. The van der Waals surface area contributed by atoms with E-state index in [1.54, 1.807) is 18.3 Å². The summed E-state index contributed by atoms with van der Waals surface area (Å²) in [6, 6.07) is 14.3. The van der Waals surface area contributed by atoms with Crippen LogP contribution in [0.1, 0.15) is 19.4 Å². The lowest BCUT2D eigenvalue weighted by Gasteiger charge is -2.06. The number of nitrogens with zero attached hydrogens (tertiary/aromatic N) is 1. The van der Waals surface area contributed by atoms with Gasteiger partial charge in [-0.2, -0.15) is 0 Å². The summed E-state index contributed by atoms with van der Waals surface area (Å²) in [7, 11) is 0. The van der Waals surface area contributed by atoms with Crippen LogP contribution in [-0.4, -0.2) is 17.4 Å². The van der Waals surface area contributed by atoms with Crippen LogP contribution in [0.3, 0.4) is 0 Å². The van der Waals surface area contributed by atoms with E-state index in [4.69, 9.17) is 4.74 Å². The third-order valence-corrected chi connectivity index (χ3v) is 5.51. The number of halogens is 1. The van der Waals surface area contributed by atoms with Gasteiger partial charge in [0.05, 0.1) is 16.3 Å². The fourth-order valence-corrected chi connectivity index (χ4v) is 4.23. The summed E-state index contributed by atoms with van der Waals surface area (Å²) in [5.41, 5.74) is 2.13. The minimum Gasteiger partial charge on any atom is -0.493 e. The molecular formula is C21H18INO2S. The lowest BCUT2D eigenvalue weighted by Crippen LogP contribution is -1.95. The van der Waals surface area contributed by atoms with Crippen molar-refractivity contribution in [3.05, 3.63) is 69.6 Å². The van der Waals surface area contributed by atoms with Crippen molar-refractivity contribution in [2.24, 2.45) is 0 Å². The van der Waals surface area contributed by atoms with Crippen LogP contribution in [0.5, 0.6) is 0 Å². The lowest BCUT2D eigenvalue weighted by molar-refractivity contribution is -0.112. The van der Waals surface area contributed by atoms with E-state index in [0.717, 1.165) is 19.7 Å². The van der Waals surface area contributed by atoms with E-state index >= 15 is 0 Å². The molecule has 0 aliphatic heterocycles. The summed E-state index contributed by atoms with van der Waals surface area (Å²) in [4.78, 5) is 16.8. The van der Waals surface area contributed by atoms with E-state index in [2.05, 4.69) is 57.9 Å². The third-order valence-electron chi connectivity index (χ3n) is 3.68. The molecule has 0 N–H and O–H groups in total. The zero-order valence-corrected chi connectivity index (χ0v) is 17.5. The highest BCUT2D eigenvalue weighted by atomic mass is 127. The molecule has 0 saturated heterocycles. The summed E-state index contributed by atoms with van der Waals surface area (Å²) in [6.07, 6.45) is 5.46. The highest BCUT2D eigenvalue weighted by molar-refractivity contribution is 14.1. The highest BCUT2D eigenvalue weighted by Crippen LogP contribution is 2.39. The predicted molar refractivity (Wildman–Crippen MR) is 117 cm³/mol. The van der Waals surface area contributed by atoms with Crippen LogP contribution in [0, 0.1) is 0 Å². The van der Waals surface area contributed by atoms with Crippen LogP contribution in [0.4, 0.5) is 0 Å². The van der Waals surface area contributed by atoms with E-state index in [0.29, 0.717) is 12.4 Å². The molecule has 2 aromatic heterocycles. The summed E-state index contributed by atoms with van der Waals surface area (Å²) < 4.78 is 7.96. The number of allylic oxidation sites excluding steroid dienone is 2. The fourth-order valence-electron chi connectivity index (χ4n) is 2.61. The van der Waals surface area contributed by atoms with Crippen molar-refractivity contribution < 1.29 is 9.53 Å². The molecule has 0 spiro atoms. The smallest absolute Gasteiger partial charge is 0.155 e. The van der Waals surface area contributed by atoms with Gasteiger partial charge >= 0.3 is 0 Å². The number of benzene rings is 1. The maximum atomic E-state index is 11.1. The first-order valence-corrected chi connectivity index (χ1v) is 10.0. The Morgan fingerprint density at radius 1 is 1.19 bits per heavy atom. The van der Waals surface area contributed by atoms with E-state index < -0.39 is 0 Å². The van der Waals surface area contributed by atoms with Gasteiger partial charge in [-0.1, -0.05) is 24.3 Å². The maximum absolute atomic E-state index is 11.1. The summed E-state index contributed by atoms with van der Waals surface area (Å²) in [5, 5.41) is 1.21. The first-order valence-electron chi connectivity index (χ1n) is 8.15. The highest BCUT2D eigenvalue weighted by Gasteiger charge is 2.13. The first kappa shape index (κ1) is 18.8. The molecule has 0 amide bonds. The minimum atomic E-state index is -0.0113. The Morgan fingerprint density at radius 3 is 2.69 bits per heavy atom. The first-order chi connectivity index (χ1) is 12.5. The van der Waals surface area contributed by atoms with Gasteiger partial charge in [-0.3, -0.25) is 9.78 Å². The molecule has 0 saturated carbocycles. The molecular weight excluding hydrogens is 457 g/mol. The topological polar surface area (TPSA) is 39.2 Å². The molecule has 0 radical (unpaired) electrons. The zero-order valence-electron chi connectivity index (χ0n) is 14.5. The predicted octanol–water partition coefficient (Wildman–Crippen LogP) is 6.25. The number of pyridine rings is 1. The number of hydrogen-bond donors (Lipinski definition) is 0. The quantitative estimate of drug-likeness (QED) is 0.240. The Labute approximate surface area is 170 Å². The molecule has 0 fully saturated rings. The molecule has 1 aromatic carbocycles. The Balaban J connectivity index is 1.97. The Kier molecular flexibility index (Phi) is 6.21. The molecule has 0 unspecified atom stereocenters. The average molecular weight is 475 g/mol. The van der Waals surface area contributed by atoms with Gasteiger partial charge in [-0.25, -0.2) is 0 Å². The van der Waals surface area contributed by atoms with Crippen LogP contribution in [0.15, 0.2) is 64.1 Å². The molecule has 3 aromatic rings. The molecule has 0 atom stereocenters. The number of ketones is 1. The van der Waals surface area contributed by atoms with Gasteiger partial charge in [0, 0.05) is 31.5 Å². The molecule has 0 aliphatic rings. The lowest BCUT2D eigenvalue weighted by atomic mass is 10.1. The summed E-state index contributed by atoms with van der Waals surface area (Å²) in [6.45, 7) is 3.75. The van der Waals surface area contributed by atoms with Gasteiger partial charge in [-0.05, 0) is 60.7 Å². The number of hydrogen-bond acceptors (Lipinski definition) is 4. The number of ether oxygens (including phenoxy) is 1. The number of thiophene rings is 1. The number of fused-ring (bicyclic) bond motifs is 1. The molecule has 5 heteroatoms. The molecule has 132 valence electrons. The van der Waals surface area contributed by atoms with Crippen LogP contribution in [0.2, 0.25) is 0 Å². The molecule has 3 nitrogen and oxygen atoms in total. The van der Waals surface area contributed by atoms with Crippen molar-refractivity contribution in [1.29, 1.82) is 0 Å². The van der Waals surface area contributed by atoms with Crippen molar-refractivity contribution in [3.8, 4) is 10.6 Å². The molecule has 26 heavy (non-hydrogen) atoms. The standard InChI is InChI=1S/C21H18INO2S/c1-14(24)11-15(2)25-13-16(22)12-18-17-7-3-4-9-20(17)26-21(18)19-8-5-6-10-23-19/h3-12H,13H2,1-2H3/b15-11-,16-12-. The monoisotopic (exact) mass is 475 g/mol. The fraction of sp³-hybridized carbons (Fsp3) is 0.143. The molecule has 3 rings (SSSR count). The third kappa shape index (κ3) is 4.59. The van der Waals surface area contributed by atoms with Gasteiger partial charge in [0.2, 0.25) is 0 Å². The van der Waals surface area contributed by atoms with Crippen LogP contribution in [-0.2, 0) is 9.53 Å². The van der Waals surface area contributed by atoms with Gasteiger partial charge in [-0.15, -0.1) is 11.3 Å². The largest absolute Gasteiger partial charge is 0.493 e. The normalized spacial score (nSPS) is 12.4. The number of rotatable bonds is 6. The Bertz CT molecular complexity index is 990. The molecule has 0 bridgehead atoms. The zero-order chi connectivity index (χ0) is 18.5. The van der Waals surface area contributed by atoms with E-state index in [-0.39, 0.29) is 5.78 Å². The minimum absolute atomic E-state index is 0.0113. The number of carbonyl (C=O) groups is 1. The Morgan fingerprint density at radius 2 is 1.96 bits per heavy atom. The second kappa shape index (κ2) is 8.60. The average Bonchev–Trinajstić information content (AvgIpc) is 2.99. The summed E-state index contributed by atoms with van der Waals surface area (Å²) in [5.74, 6) is 0.614. The molecule has 2 heterocycles. The van der Waals surface area contributed by atoms with E-state index in [1.165, 1.54) is 23.1 Å². The number of carbonyl (C=O) groups excluding carboxylic acids is 1. The second-order valence-electron chi connectivity index (χ2n) is 5.80. The van der Waals surface area contributed by atoms with Gasteiger partial charge in [0.1, 0.15) is 6.61 Å². The van der Waals surface area contributed by atoms with Crippen molar-refractivity contribution in [2.75, 3.05) is 6.61 Å². The van der Waals surface area contributed by atoms with Crippen molar-refractivity contribution in [1.82, 2.24) is 4.98 Å². The van der Waals surface area contributed by atoms with Crippen molar-refractivity contribution in [2.45, 2.75) is 13.8 Å². The Hall–Kier alpha value is -1.99.